The number of aliphatic hydroxyl groups is 1. The molecule has 0 aliphatic heterocycles. The molecule has 0 atom stereocenters. The first-order valence-corrected chi connectivity index (χ1v) is 8.07. The fraction of sp³-hybridized carbons (Fsp3) is 0.286. The zero-order chi connectivity index (χ0) is 15.6. The van der Waals surface area contributed by atoms with Crippen LogP contribution in [0.2, 0.25) is 5.02 Å². The summed E-state index contributed by atoms with van der Waals surface area (Å²) >= 11 is 5.88. The zero-order valence-corrected chi connectivity index (χ0v) is 13.3. The van der Waals surface area contributed by atoms with Gasteiger partial charge in [0.25, 0.3) is 0 Å². The van der Waals surface area contributed by atoms with Gasteiger partial charge < -0.3 is 9.52 Å². The summed E-state index contributed by atoms with van der Waals surface area (Å²) in [7, 11) is -2.20. The van der Waals surface area contributed by atoms with E-state index in [0.29, 0.717) is 16.3 Å². The Morgan fingerprint density at radius 1 is 1.29 bits per heavy atom. The van der Waals surface area contributed by atoms with Crippen LogP contribution in [0, 0.1) is 6.92 Å². The van der Waals surface area contributed by atoms with E-state index in [2.05, 4.69) is 0 Å². The van der Waals surface area contributed by atoms with Gasteiger partial charge in [0, 0.05) is 12.1 Å². The minimum atomic E-state index is -3.67. The number of sulfonamides is 1. The molecule has 1 N–H and O–H groups in total. The molecule has 114 valence electrons. The number of halogens is 1. The van der Waals surface area contributed by atoms with Gasteiger partial charge in [0.15, 0.2) is 0 Å². The summed E-state index contributed by atoms with van der Waals surface area (Å²) in [6, 6.07) is 7.78. The van der Waals surface area contributed by atoms with Crippen LogP contribution in [-0.2, 0) is 23.2 Å². The summed E-state index contributed by atoms with van der Waals surface area (Å²) < 4.78 is 31.5. The van der Waals surface area contributed by atoms with E-state index in [-0.39, 0.29) is 18.0 Å². The number of nitrogens with zero attached hydrogens (tertiary/aromatic N) is 1. The van der Waals surface area contributed by atoms with Crippen LogP contribution in [0.4, 0.5) is 0 Å². The molecule has 0 aliphatic rings. The molecule has 5 nitrogen and oxygen atoms in total. The van der Waals surface area contributed by atoms with Gasteiger partial charge in [-0.2, -0.15) is 4.31 Å². The Kier molecular flexibility index (Phi) is 4.73. The molecule has 0 fully saturated rings. The topological polar surface area (TPSA) is 70.8 Å². The van der Waals surface area contributed by atoms with E-state index in [4.69, 9.17) is 16.0 Å². The van der Waals surface area contributed by atoms with E-state index in [9.17, 15) is 13.5 Å². The summed E-state index contributed by atoms with van der Waals surface area (Å²) in [5, 5.41) is 9.51. The summed E-state index contributed by atoms with van der Waals surface area (Å²) in [5.41, 5.74) is 0.375. The third-order valence-corrected chi connectivity index (χ3v) is 5.24. The standard InChI is InChI=1S/C14H16ClNO4S/c1-10-3-4-12(20-10)8-16(2)21(18,19)13-5-6-14(15)11(7-13)9-17/h3-7,17H,8-9H2,1-2H3. The fourth-order valence-electron chi connectivity index (χ4n) is 1.89. The number of benzene rings is 1. The molecule has 0 unspecified atom stereocenters. The van der Waals surface area contributed by atoms with Crippen molar-refractivity contribution in [3.8, 4) is 0 Å². The van der Waals surface area contributed by atoms with Gasteiger partial charge in [-0.3, -0.25) is 0 Å². The van der Waals surface area contributed by atoms with E-state index in [1.165, 1.54) is 29.6 Å². The predicted octanol–water partition coefficient (Wildman–Crippen LogP) is 2.55. The van der Waals surface area contributed by atoms with Crippen LogP contribution in [0.15, 0.2) is 39.6 Å². The van der Waals surface area contributed by atoms with E-state index in [1.54, 1.807) is 19.1 Å². The van der Waals surface area contributed by atoms with Gasteiger partial charge in [0.2, 0.25) is 10.0 Å². The van der Waals surface area contributed by atoms with Crippen molar-refractivity contribution in [2.75, 3.05) is 7.05 Å². The Hall–Kier alpha value is -1.34. The third-order valence-electron chi connectivity index (χ3n) is 3.07. The van der Waals surface area contributed by atoms with Crippen LogP contribution >= 0.6 is 11.6 Å². The lowest BCUT2D eigenvalue weighted by molar-refractivity contribution is 0.281. The lowest BCUT2D eigenvalue weighted by Crippen LogP contribution is -2.26. The van der Waals surface area contributed by atoms with Crippen LogP contribution in [0.25, 0.3) is 0 Å². The molecule has 0 aliphatic carbocycles. The van der Waals surface area contributed by atoms with Crippen LogP contribution in [-0.4, -0.2) is 24.9 Å². The van der Waals surface area contributed by atoms with Gasteiger partial charge >= 0.3 is 0 Å². The molecule has 1 aromatic carbocycles. The summed E-state index contributed by atoms with van der Waals surface area (Å²) in [5.74, 6) is 1.29. The molecule has 2 aromatic rings. The minimum Gasteiger partial charge on any atom is -0.465 e. The lowest BCUT2D eigenvalue weighted by atomic mass is 10.2. The van der Waals surface area contributed by atoms with Crippen molar-refractivity contribution < 1.29 is 17.9 Å². The largest absolute Gasteiger partial charge is 0.465 e. The molecule has 0 radical (unpaired) electrons. The monoisotopic (exact) mass is 329 g/mol. The summed E-state index contributed by atoms with van der Waals surface area (Å²) in [6.07, 6.45) is 0. The Labute approximate surface area is 128 Å². The first-order valence-electron chi connectivity index (χ1n) is 6.25. The fourth-order valence-corrected chi connectivity index (χ4v) is 3.25. The van der Waals surface area contributed by atoms with Crippen molar-refractivity contribution in [1.82, 2.24) is 4.31 Å². The molecular formula is C14H16ClNO4S. The Bertz CT molecular complexity index is 739. The second-order valence-corrected chi connectivity index (χ2v) is 7.14. The van der Waals surface area contributed by atoms with E-state index in [1.807, 2.05) is 0 Å². The molecule has 2 rings (SSSR count). The first-order chi connectivity index (χ1) is 9.84. The molecule has 1 aromatic heterocycles. The third kappa shape index (κ3) is 3.47. The van der Waals surface area contributed by atoms with Gasteiger partial charge in [0.05, 0.1) is 18.0 Å². The Morgan fingerprint density at radius 3 is 2.57 bits per heavy atom. The Balaban J connectivity index is 2.28. The molecule has 0 spiro atoms. The van der Waals surface area contributed by atoms with Crippen molar-refractivity contribution in [3.63, 3.8) is 0 Å². The van der Waals surface area contributed by atoms with Crippen molar-refractivity contribution in [2.24, 2.45) is 0 Å². The number of hydrogen-bond donors (Lipinski definition) is 1. The second kappa shape index (κ2) is 6.19. The highest BCUT2D eigenvalue weighted by atomic mass is 35.5. The number of rotatable bonds is 5. The highest BCUT2D eigenvalue weighted by Gasteiger charge is 2.22. The van der Waals surface area contributed by atoms with E-state index < -0.39 is 10.0 Å². The lowest BCUT2D eigenvalue weighted by Gasteiger charge is -2.16. The number of aryl methyl sites for hydroxylation is 1. The van der Waals surface area contributed by atoms with Crippen LogP contribution in [0.1, 0.15) is 17.1 Å². The maximum Gasteiger partial charge on any atom is 0.243 e. The van der Waals surface area contributed by atoms with Crippen molar-refractivity contribution in [3.05, 3.63) is 52.4 Å². The predicted molar refractivity (Wildman–Crippen MR) is 79.5 cm³/mol. The Morgan fingerprint density at radius 2 is 2.00 bits per heavy atom. The molecule has 0 saturated heterocycles. The van der Waals surface area contributed by atoms with E-state index >= 15 is 0 Å². The normalized spacial score (nSPS) is 12.0. The van der Waals surface area contributed by atoms with Gasteiger partial charge in [0.1, 0.15) is 11.5 Å². The van der Waals surface area contributed by atoms with Crippen LogP contribution < -0.4 is 0 Å². The molecule has 7 heteroatoms. The molecule has 21 heavy (non-hydrogen) atoms. The summed E-state index contributed by atoms with van der Waals surface area (Å²) in [6.45, 7) is 1.61. The van der Waals surface area contributed by atoms with Gasteiger partial charge in [-0.25, -0.2) is 8.42 Å². The van der Waals surface area contributed by atoms with Gasteiger partial charge in [-0.15, -0.1) is 0 Å². The second-order valence-electron chi connectivity index (χ2n) is 4.68. The summed E-state index contributed by atoms with van der Waals surface area (Å²) in [4.78, 5) is 0.0849. The molecule has 0 amide bonds. The minimum absolute atomic E-state index is 0.0849. The first kappa shape index (κ1) is 16.0. The highest BCUT2D eigenvalue weighted by Crippen LogP contribution is 2.23. The number of furan rings is 1. The zero-order valence-electron chi connectivity index (χ0n) is 11.7. The average Bonchev–Trinajstić information content (AvgIpc) is 2.84. The van der Waals surface area contributed by atoms with Crippen molar-refractivity contribution >= 4 is 21.6 Å². The molecule has 0 saturated carbocycles. The maximum atomic E-state index is 12.5. The average molecular weight is 330 g/mol. The van der Waals surface area contributed by atoms with Gasteiger partial charge in [-0.05, 0) is 42.8 Å². The van der Waals surface area contributed by atoms with Crippen LogP contribution in [0.5, 0.6) is 0 Å². The maximum absolute atomic E-state index is 12.5. The van der Waals surface area contributed by atoms with Crippen molar-refractivity contribution in [1.29, 1.82) is 0 Å². The van der Waals surface area contributed by atoms with Crippen LogP contribution in [0.3, 0.4) is 0 Å². The molecule has 0 bridgehead atoms. The van der Waals surface area contributed by atoms with Gasteiger partial charge in [-0.1, -0.05) is 11.6 Å². The quantitative estimate of drug-likeness (QED) is 0.915. The molecular weight excluding hydrogens is 314 g/mol. The highest BCUT2D eigenvalue weighted by molar-refractivity contribution is 7.89. The number of aliphatic hydroxyl groups excluding tert-OH is 1. The smallest absolute Gasteiger partial charge is 0.243 e. The van der Waals surface area contributed by atoms with E-state index in [0.717, 1.165) is 5.76 Å². The van der Waals surface area contributed by atoms with Crippen molar-refractivity contribution in [2.45, 2.75) is 25.0 Å². The SMILES string of the molecule is Cc1ccc(CN(C)S(=O)(=O)c2ccc(Cl)c(CO)c2)o1. The number of hydrogen-bond acceptors (Lipinski definition) is 4. The molecule has 1 heterocycles.